The Kier molecular flexibility index (Phi) is 8.56. The lowest BCUT2D eigenvalue weighted by Crippen LogP contribution is -2.37. The fourth-order valence-corrected chi connectivity index (χ4v) is 3.15. The normalized spacial score (nSPS) is 12.2. The second-order valence-corrected chi connectivity index (χ2v) is 6.37. The highest BCUT2D eigenvalue weighted by Gasteiger charge is 2.18. The molecule has 2 aromatic rings. The molecular formula is C23H30N2O3. The highest BCUT2D eigenvalue weighted by molar-refractivity contribution is 5.91. The van der Waals surface area contributed by atoms with E-state index in [0.29, 0.717) is 18.0 Å². The Labute approximate surface area is 168 Å². The molecule has 5 heteroatoms. The lowest BCUT2D eigenvalue weighted by Gasteiger charge is -2.30. The quantitative estimate of drug-likeness (QED) is 0.633. The maximum absolute atomic E-state index is 12.4. The van der Waals surface area contributed by atoms with Gasteiger partial charge in [0.05, 0.1) is 20.3 Å². The summed E-state index contributed by atoms with van der Waals surface area (Å²) >= 11 is 0. The zero-order chi connectivity index (χ0) is 20.4. The lowest BCUT2D eigenvalue weighted by atomic mass is 10.1. The molecule has 0 saturated carbocycles. The summed E-state index contributed by atoms with van der Waals surface area (Å²) in [6.45, 7) is 6.67. The largest absolute Gasteiger partial charge is 0.497 e. The van der Waals surface area contributed by atoms with Gasteiger partial charge in [0.25, 0.3) is 0 Å². The summed E-state index contributed by atoms with van der Waals surface area (Å²) in [6, 6.07) is 15.9. The number of hydrogen-bond donors (Lipinski definition) is 1. The van der Waals surface area contributed by atoms with Crippen LogP contribution in [0, 0.1) is 0 Å². The van der Waals surface area contributed by atoms with Crippen molar-refractivity contribution in [3.8, 4) is 11.5 Å². The van der Waals surface area contributed by atoms with Gasteiger partial charge in [0.2, 0.25) is 5.91 Å². The van der Waals surface area contributed by atoms with Crippen molar-refractivity contribution < 1.29 is 14.3 Å². The van der Waals surface area contributed by atoms with Gasteiger partial charge in [-0.15, -0.1) is 0 Å². The Hall–Kier alpha value is -2.79. The predicted molar refractivity (Wildman–Crippen MR) is 114 cm³/mol. The van der Waals surface area contributed by atoms with Crippen molar-refractivity contribution in [3.63, 3.8) is 0 Å². The van der Waals surface area contributed by atoms with Crippen LogP contribution in [-0.4, -0.2) is 44.7 Å². The number of benzene rings is 2. The van der Waals surface area contributed by atoms with Crippen LogP contribution in [0.3, 0.4) is 0 Å². The molecule has 0 bridgehead atoms. The van der Waals surface area contributed by atoms with Crippen LogP contribution in [0.2, 0.25) is 0 Å². The third-order valence-electron chi connectivity index (χ3n) is 4.71. The molecule has 0 fully saturated rings. The Morgan fingerprint density at radius 3 is 2.18 bits per heavy atom. The third kappa shape index (κ3) is 6.13. The van der Waals surface area contributed by atoms with Gasteiger partial charge in [0, 0.05) is 18.7 Å². The van der Waals surface area contributed by atoms with Crippen molar-refractivity contribution in [2.24, 2.45) is 0 Å². The molecule has 0 heterocycles. The molecule has 0 aliphatic carbocycles. The standard InChI is InChI=1S/C23H30N2O3/c1-5-25(6-2)22(19-10-8-7-9-11-19)17-24-23(26)13-12-18-14-20(27-3)16-21(15-18)28-4/h7-16,22H,5-6,17H2,1-4H3,(H,24,26). The molecule has 0 aliphatic rings. The van der Waals surface area contributed by atoms with Crippen molar-refractivity contribution in [2.45, 2.75) is 19.9 Å². The summed E-state index contributed by atoms with van der Waals surface area (Å²) in [5, 5.41) is 3.03. The number of carbonyl (C=O) groups excluding carboxylic acids is 1. The van der Waals surface area contributed by atoms with Crippen LogP contribution in [0.15, 0.2) is 54.6 Å². The molecule has 28 heavy (non-hydrogen) atoms. The average Bonchev–Trinajstić information content (AvgIpc) is 2.75. The van der Waals surface area contributed by atoms with Crippen molar-refractivity contribution in [1.29, 1.82) is 0 Å². The van der Waals surface area contributed by atoms with E-state index in [4.69, 9.17) is 9.47 Å². The van der Waals surface area contributed by atoms with E-state index >= 15 is 0 Å². The Balaban J connectivity index is 2.05. The van der Waals surface area contributed by atoms with Crippen LogP contribution in [-0.2, 0) is 4.79 Å². The van der Waals surface area contributed by atoms with Gasteiger partial charge in [-0.1, -0.05) is 44.2 Å². The molecule has 0 aromatic heterocycles. The minimum absolute atomic E-state index is 0.130. The molecule has 0 aliphatic heterocycles. The molecule has 1 N–H and O–H groups in total. The van der Waals surface area contributed by atoms with Crippen molar-refractivity contribution in [3.05, 3.63) is 65.7 Å². The number of ether oxygens (including phenoxy) is 2. The van der Waals surface area contributed by atoms with E-state index in [9.17, 15) is 4.79 Å². The summed E-state index contributed by atoms with van der Waals surface area (Å²) in [7, 11) is 3.21. The first-order valence-electron chi connectivity index (χ1n) is 9.59. The van der Waals surface area contributed by atoms with Gasteiger partial charge in [-0.3, -0.25) is 9.69 Å². The number of nitrogens with zero attached hydrogens (tertiary/aromatic N) is 1. The lowest BCUT2D eigenvalue weighted by molar-refractivity contribution is -0.116. The number of rotatable bonds is 10. The number of carbonyl (C=O) groups is 1. The second-order valence-electron chi connectivity index (χ2n) is 6.37. The van der Waals surface area contributed by atoms with Crippen LogP contribution < -0.4 is 14.8 Å². The zero-order valence-electron chi connectivity index (χ0n) is 17.1. The molecule has 0 radical (unpaired) electrons. The first-order chi connectivity index (χ1) is 13.6. The Morgan fingerprint density at radius 2 is 1.64 bits per heavy atom. The van der Waals surface area contributed by atoms with Gasteiger partial charge in [0.1, 0.15) is 11.5 Å². The van der Waals surface area contributed by atoms with E-state index in [1.807, 2.05) is 30.3 Å². The molecule has 1 amide bonds. The van der Waals surface area contributed by atoms with Gasteiger partial charge >= 0.3 is 0 Å². The van der Waals surface area contributed by atoms with Gasteiger partial charge in [-0.05, 0) is 42.4 Å². The highest BCUT2D eigenvalue weighted by Crippen LogP contribution is 2.23. The molecular weight excluding hydrogens is 352 g/mol. The number of amides is 1. The van der Waals surface area contributed by atoms with Crippen LogP contribution >= 0.6 is 0 Å². The number of likely N-dealkylation sites (N-methyl/N-ethyl adjacent to an activating group) is 1. The van der Waals surface area contributed by atoms with E-state index in [1.165, 1.54) is 5.56 Å². The molecule has 1 unspecified atom stereocenters. The second kappa shape index (κ2) is 11.1. The number of methoxy groups -OCH3 is 2. The molecule has 2 rings (SSSR count). The van der Waals surface area contributed by atoms with Crippen LogP contribution in [0.25, 0.3) is 6.08 Å². The number of nitrogens with one attached hydrogen (secondary N) is 1. The fourth-order valence-electron chi connectivity index (χ4n) is 3.15. The first-order valence-corrected chi connectivity index (χ1v) is 9.59. The maximum atomic E-state index is 12.4. The van der Waals surface area contributed by atoms with Gasteiger partial charge in [-0.25, -0.2) is 0 Å². The smallest absolute Gasteiger partial charge is 0.244 e. The third-order valence-corrected chi connectivity index (χ3v) is 4.71. The number of hydrogen-bond acceptors (Lipinski definition) is 4. The topological polar surface area (TPSA) is 50.8 Å². The molecule has 2 aromatic carbocycles. The minimum atomic E-state index is -0.130. The molecule has 5 nitrogen and oxygen atoms in total. The molecule has 1 atom stereocenters. The SMILES string of the molecule is CCN(CC)C(CNC(=O)C=Cc1cc(OC)cc(OC)c1)c1ccccc1. The van der Waals surface area contributed by atoms with Gasteiger partial charge < -0.3 is 14.8 Å². The van der Waals surface area contributed by atoms with Gasteiger partial charge in [-0.2, -0.15) is 0 Å². The van der Waals surface area contributed by atoms with Crippen LogP contribution in [0.5, 0.6) is 11.5 Å². The van der Waals surface area contributed by atoms with Gasteiger partial charge in [0.15, 0.2) is 0 Å². The van der Waals surface area contributed by atoms with E-state index < -0.39 is 0 Å². The van der Waals surface area contributed by atoms with E-state index in [-0.39, 0.29) is 11.9 Å². The zero-order valence-corrected chi connectivity index (χ0v) is 17.1. The summed E-state index contributed by atoms with van der Waals surface area (Å²) in [5.74, 6) is 1.24. The van der Waals surface area contributed by atoms with Crippen molar-refractivity contribution in [1.82, 2.24) is 10.2 Å². The van der Waals surface area contributed by atoms with Crippen molar-refractivity contribution in [2.75, 3.05) is 33.9 Å². The van der Waals surface area contributed by atoms with Crippen molar-refractivity contribution >= 4 is 12.0 Å². The van der Waals surface area contributed by atoms with E-state index in [2.05, 4.69) is 36.2 Å². The average molecular weight is 383 g/mol. The first kappa shape index (κ1) is 21.5. The monoisotopic (exact) mass is 382 g/mol. The Morgan fingerprint density at radius 1 is 1.04 bits per heavy atom. The molecule has 0 saturated heterocycles. The highest BCUT2D eigenvalue weighted by atomic mass is 16.5. The van der Waals surface area contributed by atoms with E-state index in [0.717, 1.165) is 18.7 Å². The predicted octanol–water partition coefficient (Wildman–Crippen LogP) is 3.92. The summed E-state index contributed by atoms with van der Waals surface area (Å²) in [6.07, 6.45) is 3.30. The summed E-state index contributed by atoms with van der Waals surface area (Å²) in [5.41, 5.74) is 2.04. The summed E-state index contributed by atoms with van der Waals surface area (Å²) < 4.78 is 10.5. The Bertz CT molecular complexity index is 748. The minimum Gasteiger partial charge on any atom is -0.497 e. The van der Waals surface area contributed by atoms with Crippen LogP contribution in [0.4, 0.5) is 0 Å². The van der Waals surface area contributed by atoms with Crippen LogP contribution in [0.1, 0.15) is 31.0 Å². The maximum Gasteiger partial charge on any atom is 0.244 e. The molecule has 0 spiro atoms. The van der Waals surface area contributed by atoms with E-state index in [1.54, 1.807) is 32.4 Å². The fraction of sp³-hybridized carbons (Fsp3) is 0.348. The molecule has 150 valence electrons. The summed E-state index contributed by atoms with van der Waals surface area (Å²) in [4.78, 5) is 14.7.